The zero-order chi connectivity index (χ0) is 14.7. The van der Waals surface area contributed by atoms with E-state index in [1.54, 1.807) is 4.57 Å². The van der Waals surface area contributed by atoms with Crippen molar-refractivity contribution >= 4 is 28.5 Å². The lowest BCUT2D eigenvalue weighted by atomic mass is 10.2. The van der Waals surface area contributed by atoms with E-state index in [1.165, 1.54) is 6.07 Å². The van der Waals surface area contributed by atoms with Crippen molar-refractivity contribution < 1.29 is 13.6 Å². The van der Waals surface area contributed by atoms with E-state index in [-0.39, 0.29) is 11.9 Å². The Bertz CT molecular complexity index is 642. The van der Waals surface area contributed by atoms with Crippen molar-refractivity contribution in [3.63, 3.8) is 0 Å². The number of primary amides is 1. The summed E-state index contributed by atoms with van der Waals surface area (Å²) in [4.78, 5) is 15.0. The standard InChI is InChI=1S/C13H14ClF2N3O/c14-6-5-11-18-9-4-3-8(15)12(16)13(9)19(11)7-1-2-10(17)20/h3-4H,1-2,5-7H2,(H2,17,20). The number of imidazole rings is 1. The Morgan fingerprint density at radius 2 is 2.15 bits per heavy atom. The fraction of sp³-hybridized carbons (Fsp3) is 0.385. The third-order valence-corrected chi connectivity index (χ3v) is 3.19. The first-order chi connectivity index (χ1) is 9.54. The summed E-state index contributed by atoms with van der Waals surface area (Å²) in [5, 5.41) is 0. The molecule has 0 unspecified atom stereocenters. The third-order valence-electron chi connectivity index (χ3n) is 3.00. The van der Waals surface area contributed by atoms with E-state index in [4.69, 9.17) is 17.3 Å². The molecular formula is C13H14ClF2N3O. The Hall–Kier alpha value is -1.69. The normalized spacial score (nSPS) is 11.2. The molecule has 0 aliphatic carbocycles. The first-order valence-corrected chi connectivity index (χ1v) is 6.75. The second kappa shape index (κ2) is 6.17. The molecule has 0 saturated heterocycles. The number of aromatic nitrogens is 2. The highest BCUT2D eigenvalue weighted by Gasteiger charge is 2.17. The highest BCUT2D eigenvalue weighted by atomic mass is 35.5. The summed E-state index contributed by atoms with van der Waals surface area (Å²) in [6, 6.07) is 2.47. The van der Waals surface area contributed by atoms with E-state index in [1.807, 2.05) is 0 Å². The summed E-state index contributed by atoms with van der Waals surface area (Å²) in [6.45, 7) is 0.339. The predicted octanol–water partition coefficient (Wildman–Crippen LogP) is 2.36. The Labute approximate surface area is 119 Å². The van der Waals surface area contributed by atoms with E-state index in [2.05, 4.69) is 4.98 Å². The second-order valence-electron chi connectivity index (χ2n) is 4.42. The molecule has 0 aliphatic heterocycles. The molecule has 0 fully saturated rings. The number of benzene rings is 1. The van der Waals surface area contributed by atoms with Crippen LogP contribution in [0.3, 0.4) is 0 Å². The zero-order valence-corrected chi connectivity index (χ0v) is 11.5. The van der Waals surface area contributed by atoms with Gasteiger partial charge >= 0.3 is 0 Å². The van der Waals surface area contributed by atoms with Gasteiger partial charge in [-0.2, -0.15) is 0 Å². The van der Waals surface area contributed by atoms with Crippen LogP contribution in [0.1, 0.15) is 18.7 Å². The number of carbonyl (C=O) groups excluding carboxylic acids is 1. The highest BCUT2D eigenvalue weighted by Crippen LogP contribution is 2.23. The minimum Gasteiger partial charge on any atom is -0.370 e. The number of carbonyl (C=O) groups is 1. The molecule has 20 heavy (non-hydrogen) atoms. The Balaban J connectivity index is 2.43. The first-order valence-electron chi connectivity index (χ1n) is 6.22. The Morgan fingerprint density at radius 3 is 2.80 bits per heavy atom. The third kappa shape index (κ3) is 2.90. The van der Waals surface area contributed by atoms with E-state index in [9.17, 15) is 13.6 Å². The fourth-order valence-corrected chi connectivity index (χ4v) is 2.30. The molecule has 1 aromatic heterocycles. The highest BCUT2D eigenvalue weighted by molar-refractivity contribution is 6.17. The lowest BCUT2D eigenvalue weighted by molar-refractivity contribution is -0.118. The zero-order valence-electron chi connectivity index (χ0n) is 10.7. The number of hydrogen-bond acceptors (Lipinski definition) is 2. The molecular weight excluding hydrogens is 288 g/mol. The minimum atomic E-state index is -0.935. The van der Waals surface area contributed by atoms with Crippen molar-refractivity contribution in [2.45, 2.75) is 25.8 Å². The lowest BCUT2D eigenvalue weighted by Gasteiger charge is -2.08. The molecule has 7 heteroatoms. The molecule has 2 rings (SSSR count). The monoisotopic (exact) mass is 301 g/mol. The van der Waals surface area contributed by atoms with E-state index < -0.39 is 17.5 Å². The van der Waals surface area contributed by atoms with Gasteiger partial charge < -0.3 is 10.3 Å². The van der Waals surface area contributed by atoms with Crippen molar-refractivity contribution in [2.75, 3.05) is 5.88 Å². The molecule has 1 aromatic carbocycles. The molecule has 2 aromatic rings. The van der Waals surface area contributed by atoms with Gasteiger partial charge in [0.1, 0.15) is 11.3 Å². The van der Waals surface area contributed by atoms with Crippen molar-refractivity contribution in [3.8, 4) is 0 Å². The molecule has 0 atom stereocenters. The molecule has 0 spiro atoms. The van der Waals surface area contributed by atoms with Crippen LogP contribution in [0, 0.1) is 11.6 Å². The molecule has 2 N–H and O–H groups in total. The fourth-order valence-electron chi connectivity index (χ4n) is 2.13. The average molecular weight is 302 g/mol. The smallest absolute Gasteiger partial charge is 0.217 e. The molecule has 0 radical (unpaired) electrons. The number of hydrogen-bond donors (Lipinski definition) is 1. The lowest BCUT2D eigenvalue weighted by Crippen LogP contribution is -2.13. The number of nitrogens with two attached hydrogens (primary N) is 1. The first kappa shape index (κ1) is 14.7. The number of rotatable bonds is 6. The number of alkyl halides is 1. The number of halogens is 3. The number of aryl methyl sites for hydroxylation is 2. The maximum Gasteiger partial charge on any atom is 0.217 e. The van der Waals surface area contributed by atoms with Crippen LogP contribution in [0.25, 0.3) is 11.0 Å². The number of fused-ring (bicyclic) bond motifs is 1. The largest absolute Gasteiger partial charge is 0.370 e. The van der Waals surface area contributed by atoms with Gasteiger partial charge in [0, 0.05) is 25.3 Å². The van der Waals surface area contributed by atoms with Crippen LogP contribution >= 0.6 is 11.6 Å². The van der Waals surface area contributed by atoms with Crippen LogP contribution in [-0.2, 0) is 17.8 Å². The van der Waals surface area contributed by atoms with Crippen LogP contribution in [0.5, 0.6) is 0 Å². The second-order valence-corrected chi connectivity index (χ2v) is 4.80. The van der Waals surface area contributed by atoms with Gasteiger partial charge in [0.05, 0.1) is 5.52 Å². The van der Waals surface area contributed by atoms with E-state index in [0.717, 1.165) is 6.07 Å². The summed E-state index contributed by atoms with van der Waals surface area (Å²) in [5.41, 5.74) is 5.56. The molecule has 4 nitrogen and oxygen atoms in total. The Morgan fingerprint density at radius 1 is 1.40 bits per heavy atom. The van der Waals surface area contributed by atoms with Crippen LogP contribution < -0.4 is 5.73 Å². The predicted molar refractivity (Wildman–Crippen MR) is 72.5 cm³/mol. The minimum absolute atomic E-state index is 0.106. The summed E-state index contributed by atoms with van der Waals surface area (Å²) < 4.78 is 28.9. The van der Waals surface area contributed by atoms with Crippen molar-refractivity contribution in [1.29, 1.82) is 0 Å². The maximum absolute atomic E-state index is 13.9. The van der Waals surface area contributed by atoms with Gasteiger partial charge in [-0.15, -0.1) is 11.6 Å². The molecule has 1 heterocycles. The van der Waals surface area contributed by atoms with Crippen molar-refractivity contribution in [2.24, 2.45) is 5.73 Å². The SMILES string of the molecule is NC(=O)CCCn1c(CCCl)nc2ccc(F)c(F)c21. The number of nitrogens with zero attached hydrogens (tertiary/aromatic N) is 2. The van der Waals surface area contributed by atoms with Crippen LogP contribution in [-0.4, -0.2) is 21.3 Å². The van der Waals surface area contributed by atoms with Gasteiger partial charge in [0.2, 0.25) is 5.91 Å². The molecule has 0 aliphatic rings. The summed E-state index contributed by atoms with van der Waals surface area (Å²) in [7, 11) is 0. The van der Waals surface area contributed by atoms with Gasteiger partial charge in [-0.3, -0.25) is 4.79 Å². The van der Waals surface area contributed by atoms with E-state index >= 15 is 0 Å². The van der Waals surface area contributed by atoms with Gasteiger partial charge in [-0.25, -0.2) is 13.8 Å². The Kier molecular flexibility index (Phi) is 4.54. The van der Waals surface area contributed by atoms with E-state index in [0.29, 0.717) is 36.6 Å². The number of amides is 1. The average Bonchev–Trinajstić information content (AvgIpc) is 2.73. The quantitative estimate of drug-likeness (QED) is 0.833. The molecule has 108 valence electrons. The molecule has 0 bridgehead atoms. The van der Waals surface area contributed by atoms with Crippen LogP contribution in [0.15, 0.2) is 12.1 Å². The maximum atomic E-state index is 13.9. The topological polar surface area (TPSA) is 60.9 Å². The van der Waals surface area contributed by atoms with Crippen molar-refractivity contribution in [1.82, 2.24) is 9.55 Å². The van der Waals surface area contributed by atoms with Crippen LogP contribution in [0.4, 0.5) is 8.78 Å². The van der Waals surface area contributed by atoms with Gasteiger partial charge in [0.15, 0.2) is 11.6 Å². The summed E-state index contributed by atoms with van der Waals surface area (Å²) in [6.07, 6.45) is 1.05. The van der Waals surface area contributed by atoms with Crippen LogP contribution in [0.2, 0.25) is 0 Å². The summed E-state index contributed by atoms with van der Waals surface area (Å²) >= 11 is 5.70. The van der Waals surface area contributed by atoms with Gasteiger partial charge in [-0.1, -0.05) is 0 Å². The molecule has 1 amide bonds. The van der Waals surface area contributed by atoms with Gasteiger partial charge in [-0.05, 0) is 18.6 Å². The summed E-state index contributed by atoms with van der Waals surface area (Å²) in [5.74, 6) is -1.40. The molecule has 0 saturated carbocycles. The van der Waals surface area contributed by atoms with Crippen molar-refractivity contribution in [3.05, 3.63) is 29.6 Å². The van der Waals surface area contributed by atoms with Gasteiger partial charge in [0.25, 0.3) is 0 Å².